The van der Waals surface area contributed by atoms with Gasteiger partial charge in [-0.2, -0.15) is 0 Å². The third kappa shape index (κ3) is 4.42. The van der Waals surface area contributed by atoms with E-state index in [0.717, 1.165) is 22.5 Å². The van der Waals surface area contributed by atoms with Crippen LogP contribution in [0.25, 0.3) is 0 Å². The fourth-order valence-corrected chi connectivity index (χ4v) is 2.79. The van der Waals surface area contributed by atoms with Gasteiger partial charge in [0.05, 0.1) is 6.04 Å². The summed E-state index contributed by atoms with van der Waals surface area (Å²) in [4.78, 5) is 14.6. The summed E-state index contributed by atoms with van der Waals surface area (Å²) in [6, 6.07) is 27.2. The second-order valence-electron chi connectivity index (χ2n) is 6.29. The van der Waals surface area contributed by atoms with Crippen LogP contribution in [0.3, 0.4) is 0 Å². The average Bonchev–Trinajstić information content (AvgIpc) is 2.68. The zero-order valence-corrected chi connectivity index (χ0v) is 15.0. The minimum atomic E-state index is -0.236. The fraction of sp³-hybridized carbons (Fsp3) is 0.136. The summed E-state index contributed by atoms with van der Waals surface area (Å²) in [7, 11) is 3.97. The Morgan fingerprint density at radius 2 is 1.27 bits per heavy atom. The Hall–Kier alpha value is -3.27. The van der Waals surface area contributed by atoms with Crippen molar-refractivity contribution in [3.63, 3.8) is 0 Å². The van der Waals surface area contributed by atoms with E-state index in [9.17, 15) is 4.79 Å². The van der Waals surface area contributed by atoms with Crippen molar-refractivity contribution in [2.75, 3.05) is 24.3 Å². The van der Waals surface area contributed by atoms with Gasteiger partial charge in [-0.15, -0.1) is 0 Å². The molecule has 0 radical (unpaired) electrons. The second-order valence-corrected chi connectivity index (χ2v) is 6.29. The first-order chi connectivity index (χ1) is 12.6. The molecule has 0 aliphatic heterocycles. The van der Waals surface area contributed by atoms with Crippen molar-refractivity contribution in [2.24, 2.45) is 0 Å². The molecule has 0 unspecified atom stereocenters. The minimum absolute atomic E-state index is 0.210. The molecule has 2 N–H and O–H groups in total. The molecule has 3 rings (SSSR count). The molecule has 4 nitrogen and oxygen atoms in total. The molecular weight excluding hydrogens is 322 g/mol. The zero-order valence-electron chi connectivity index (χ0n) is 15.0. The van der Waals surface area contributed by atoms with Crippen LogP contribution in [0.4, 0.5) is 16.2 Å². The van der Waals surface area contributed by atoms with E-state index in [0.29, 0.717) is 0 Å². The normalized spacial score (nSPS) is 10.4. The van der Waals surface area contributed by atoms with Crippen molar-refractivity contribution in [3.05, 3.63) is 96.1 Å². The SMILES string of the molecule is CN(C)c1ccc(NC(=O)NC(c2ccccc2)c2ccccc2)cc1. The Kier molecular flexibility index (Phi) is 5.54. The molecule has 3 aromatic carbocycles. The number of nitrogens with zero attached hydrogens (tertiary/aromatic N) is 1. The summed E-state index contributed by atoms with van der Waals surface area (Å²) in [5.41, 5.74) is 3.92. The first-order valence-electron chi connectivity index (χ1n) is 8.58. The Morgan fingerprint density at radius 3 is 1.73 bits per heavy atom. The summed E-state index contributed by atoms with van der Waals surface area (Å²) in [5, 5.41) is 5.98. The number of urea groups is 1. The number of carbonyl (C=O) groups excluding carboxylic acids is 1. The van der Waals surface area contributed by atoms with Gasteiger partial charge < -0.3 is 15.5 Å². The van der Waals surface area contributed by atoms with Crippen molar-refractivity contribution >= 4 is 17.4 Å². The monoisotopic (exact) mass is 345 g/mol. The molecule has 132 valence electrons. The standard InChI is InChI=1S/C22H23N3O/c1-25(2)20-15-13-19(14-16-20)23-22(26)24-21(17-9-5-3-6-10-17)18-11-7-4-8-12-18/h3-16,21H,1-2H3,(H2,23,24,26). The van der Waals surface area contributed by atoms with E-state index in [4.69, 9.17) is 0 Å². The van der Waals surface area contributed by atoms with Gasteiger partial charge >= 0.3 is 6.03 Å². The number of hydrogen-bond donors (Lipinski definition) is 2. The van der Waals surface area contributed by atoms with Gasteiger partial charge in [0.25, 0.3) is 0 Å². The second kappa shape index (κ2) is 8.21. The topological polar surface area (TPSA) is 44.4 Å². The highest BCUT2D eigenvalue weighted by molar-refractivity contribution is 5.90. The molecule has 0 fully saturated rings. The lowest BCUT2D eigenvalue weighted by molar-refractivity contribution is 0.250. The van der Waals surface area contributed by atoms with Crippen molar-refractivity contribution in [1.29, 1.82) is 0 Å². The van der Waals surface area contributed by atoms with Gasteiger partial charge in [-0.25, -0.2) is 4.79 Å². The summed E-state index contributed by atoms with van der Waals surface area (Å²) in [6.07, 6.45) is 0. The Labute approximate surface area is 154 Å². The van der Waals surface area contributed by atoms with Gasteiger partial charge in [-0.05, 0) is 35.4 Å². The maximum Gasteiger partial charge on any atom is 0.319 e. The van der Waals surface area contributed by atoms with Crippen LogP contribution >= 0.6 is 0 Å². The number of nitrogens with one attached hydrogen (secondary N) is 2. The smallest absolute Gasteiger partial charge is 0.319 e. The lowest BCUT2D eigenvalue weighted by atomic mass is 9.99. The molecule has 26 heavy (non-hydrogen) atoms. The van der Waals surface area contributed by atoms with E-state index in [1.807, 2.05) is 104 Å². The van der Waals surface area contributed by atoms with Crippen LogP contribution in [0.15, 0.2) is 84.9 Å². The largest absolute Gasteiger partial charge is 0.378 e. The summed E-state index contributed by atoms with van der Waals surface area (Å²) >= 11 is 0. The first kappa shape index (κ1) is 17.5. The quantitative estimate of drug-likeness (QED) is 0.706. The van der Waals surface area contributed by atoms with E-state index in [2.05, 4.69) is 10.6 Å². The number of rotatable bonds is 5. The van der Waals surface area contributed by atoms with Crippen molar-refractivity contribution < 1.29 is 4.79 Å². The van der Waals surface area contributed by atoms with E-state index < -0.39 is 0 Å². The van der Waals surface area contributed by atoms with Gasteiger partial charge in [0.1, 0.15) is 0 Å². The Morgan fingerprint density at radius 1 is 0.769 bits per heavy atom. The molecule has 0 spiro atoms. The first-order valence-corrected chi connectivity index (χ1v) is 8.58. The van der Waals surface area contributed by atoms with Crippen LogP contribution in [-0.2, 0) is 0 Å². The number of carbonyl (C=O) groups is 1. The van der Waals surface area contributed by atoms with Crippen LogP contribution in [0, 0.1) is 0 Å². The summed E-state index contributed by atoms with van der Waals surface area (Å²) in [5.74, 6) is 0. The molecule has 0 atom stereocenters. The fourth-order valence-electron chi connectivity index (χ4n) is 2.79. The van der Waals surface area contributed by atoms with Crippen molar-refractivity contribution in [1.82, 2.24) is 5.32 Å². The van der Waals surface area contributed by atoms with Crippen LogP contribution in [-0.4, -0.2) is 20.1 Å². The van der Waals surface area contributed by atoms with Gasteiger partial charge in [0, 0.05) is 25.5 Å². The number of amides is 2. The number of hydrogen-bond acceptors (Lipinski definition) is 2. The minimum Gasteiger partial charge on any atom is -0.378 e. The molecule has 3 aromatic rings. The lowest BCUT2D eigenvalue weighted by Gasteiger charge is -2.20. The summed E-state index contributed by atoms with van der Waals surface area (Å²) < 4.78 is 0. The molecule has 0 aliphatic rings. The van der Waals surface area contributed by atoms with E-state index in [-0.39, 0.29) is 12.1 Å². The molecule has 4 heteroatoms. The van der Waals surface area contributed by atoms with E-state index >= 15 is 0 Å². The third-order valence-corrected chi connectivity index (χ3v) is 4.18. The van der Waals surface area contributed by atoms with Crippen LogP contribution < -0.4 is 15.5 Å². The highest BCUT2D eigenvalue weighted by atomic mass is 16.2. The van der Waals surface area contributed by atoms with E-state index in [1.54, 1.807) is 0 Å². The maximum atomic E-state index is 12.6. The zero-order chi connectivity index (χ0) is 18.4. The van der Waals surface area contributed by atoms with Crippen LogP contribution in [0.2, 0.25) is 0 Å². The highest BCUT2D eigenvalue weighted by Gasteiger charge is 2.16. The van der Waals surface area contributed by atoms with Gasteiger partial charge in [0.2, 0.25) is 0 Å². The predicted octanol–water partition coefficient (Wildman–Crippen LogP) is 4.66. The number of anilines is 2. The molecule has 2 amide bonds. The molecule has 0 bridgehead atoms. The van der Waals surface area contributed by atoms with Crippen molar-refractivity contribution in [2.45, 2.75) is 6.04 Å². The molecule has 0 aromatic heterocycles. The lowest BCUT2D eigenvalue weighted by Crippen LogP contribution is -2.33. The molecule has 0 saturated carbocycles. The molecule has 0 aliphatic carbocycles. The molecular formula is C22H23N3O. The van der Waals surface area contributed by atoms with Crippen molar-refractivity contribution in [3.8, 4) is 0 Å². The van der Waals surface area contributed by atoms with Gasteiger partial charge in [-0.1, -0.05) is 60.7 Å². The predicted molar refractivity (Wildman–Crippen MR) is 108 cm³/mol. The Balaban J connectivity index is 1.75. The summed E-state index contributed by atoms with van der Waals surface area (Å²) in [6.45, 7) is 0. The van der Waals surface area contributed by atoms with Gasteiger partial charge in [0.15, 0.2) is 0 Å². The van der Waals surface area contributed by atoms with Crippen LogP contribution in [0.1, 0.15) is 17.2 Å². The average molecular weight is 345 g/mol. The third-order valence-electron chi connectivity index (χ3n) is 4.18. The Bertz CT molecular complexity index is 791. The van der Waals surface area contributed by atoms with Crippen LogP contribution in [0.5, 0.6) is 0 Å². The van der Waals surface area contributed by atoms with Gasteiger partial charge in [-0.3, -0.25) is 0 Å². The molecule has 0 saturated heterocycles. The molecule has 0 heterocycles. The number of benzene rings is 3. The highest BCUT2D eigenvalue weighted by Crippen LogP contribution is 2.22. The maximum absolute atomic E-state index is 12.6. The van der Waals surface area contributed by atoms with E-state index in [1.165, 1.54) is 0 Å².